The Morgan fingerprint density at radius 3 is 2.38 bits per heavy atom. The van der Waals surface area contributed by atoms with Crippen molar-refractivity contribution in [1.29, 1.82) is 0 Å². The normalized spacial score (nSPS) is 18.6. The molecule has 1 fully saturated rings. The zero-order valence-corrected chi connectivity index (χ0v) is 24.5. The van der Waals surface area contributed by atoms with Crippen molar-refractivity contribution in [2.45, 2.75) is 46.1 Å². The summed E-state index contributed by atoms with van der Waals surface area (Å²) in [6.45, 7) is 10.3. The van der Waals surface area contributed by atoms with Crippen molar-refractivity contribution >= 4 is 57.5 Å². The van der Waals surface area contributed by atoms with Gasteiger partial charge in [0.1, 0.15) is 0 Å². The molecule has 0 aliphatic carbocycles. The predicted molar refractivity (Wildman–Crippen MR) is 168 cm³/mol. The number of allylic oxidation sites excluding steroid dienone is 1. The predicted octanol–water partition coefficient (Wildman–Crippen LogP) is 8.60. The third kappa shape index (κ3) is 5.85. The van der Waals surface area contributed by atoms with Gasteiger partial charge in [0.05, 0.1) is 16.1 Å². The summed E-state index contributed by atoms with van der Waals surface area (Å²) in [6.07, 6.45) is 6.05. The molecule has 3 aromatic carbocycles. The van der Waals surface area contributed by atoms with Gasteiger partial charge < -0.3 is 4.90 Å². The van der Waals surface area contributed by atoms with Crippen LogP contribution in [0.1, 0.15) is 50.8 Å². The van der Waals surface area contributed by atoms with Gasteiger partial charge in [-0.2, -0.15) is 0 Å². The van der Waals surface area contributed by atoms with Crippen LogP contribution >= 0.6 is 23.4 Å². The number of fused-ring (bicyclic) bond motifs is 1. The number of nitrogens with zero attached hydrogens (tertiary/aromatic N) is 3. The van der Waals surface area contributed by atoms with E-state index in [0.717, 1.165) is 41.9 Å². The highest BCUT2D eigenvalue weighted by molar-refractivity contribution is 8.18. The number of halogens is 1. The smallest absolute Gasteiger partial charge is 0.266 e. The van der Waals surface area contributed by atoms with E-state index in [4.69, 9.17) is 16.6 Å². The molecule has 0 N–H and O–H groups in total. The van der Waals surface area contributed by atoms with E-state index in [1.165, 1.54) is 22.9 Å². The fourth-order valence-electron chi connectivity index (χ4n) is 5.29. The zero-order valence-electron chi connectivity index (χ0n) is 22.9. The van der Waals surface area contributed by atoms with Crippen molar-refractivity contribution in [3.05, 3.63) is 105 Å². The highest BCUT2D eigenvalue weighted by Gasteiger charge is 2.34. The first-order valence-electron chi connectivity index (χ1n) is 13.5. The van der Waals surface area contributed by atoms with E-state index in [1.807, 2.05) is 54.6 Å². The monoisotopic (exact) mass is 555 g/mol. The number of hydrogen-bond donors (Lipinski definition) is 0. The molecule has 0 unspecified atom stereocenters. The van der Waals surface area contributed by atoms with Gasteiger partial charge in [0.15, 0.2) is 5.17 Å². The number of amidine groups is 1. The Hall–Kier alpha value is -3.28. The fraction of sp³-hybridized carbons (Fsp3) is 0.273. The molecule has 0 bridgehead atoms. The molecule has 0 atom stereocenters. The van der Waals surface area contributed by atoms with Crippen LogP contribution < -0.4 is 4.90 Å². The number of thioether (sulfide) groups is 1. The van der Waals surface area contributed by atoms with Crippen molar-refractivity contribution < 1.29 is 4.79 Å². The molecular formula is C33H34ClN3OS. The quantitative estimate of drug-likeness (QED) is 0.274. The SMILES string of the molecule is CCCN1c2cc(Cl)c(/C=C3/SC(=Nc4ccccc4)N(CCc4ccccc4)C3=O)cc2C(C)=CC1(C)C. The first-order chi connectivity index (χ1) is 18.8. The van der Waals surface area contributed by atoms with Gasteiger partial charge in [0, 0.05) is 29.4 Å². The summed E-state index contributed by atoms with van der Waals surface area (Å²) in [6, 6.07) is 24.2. The second kappa shape index (κ2) is 11.4. The van der Waals surface area contributed by atoms with E-state index in [0.29, 0.717) is 21.6 Å². The van der Waals surface area contributed by atoms with E-state index in [2.05, 4.69) is 62.9 Å². The van der Waals surface area contributed by atoms with Gasteiger partial charge in [-0.25, -0.2) is 4.99 Å². The average Bonchev–Trinajstić information content (AvgIpc) is 3.20. The van der Waals surface area contributed by atoms with Crippen LogP contribution in [0.3, 0.4) is 0 Å². The summed E-state index contributed by atoms with van der Waals surface area (Å²) in [5, 5.41) is 1.33. The van der Waals surface area contributed by atoms with Crippen LogP contribution in [0.15, 0.2) is 88.8 Å². The third-order valence-corrected chi connectivity index (χ3v) is 8.50. The number of aliphatic imine (C=N–C) groups is 1. The van der Waals surface area contributed by atoms with Gasteiger partial charge in [-0.1, -0.05) is 73.1 Å². The van der Waals surface area contributed by atoms with Crippen molar-refractivity contribution in [1.82, 2.24) is 4.90 Å². The molecule has 1 amide bonds. The minimum absolute atomic E-state index is 0.0413. The lowest BCUT2D eigenvalue weighted by molar-refractivity contribution is -0.122. The van der Waals surface area contributed by atoms with E-state index < -0.39 is 0 Å². The Morgan fingerprint density at radius 2 is 1.69 bits per heavy atom. The van der Waals surface area contributed by atoms with Crippen LogP contribution in [-0.4, -0.2) is 34.6 Å². The van der Waals surface area contributed by atoms with Crippen LogP contribution in [0.25, 0.3) is 11.6 Å². The van der Waals surface area contributed by atoms with Crippen molar-refractivity contribution in [2.75, 3.05) is 18.0 Å². The molecule has 0 radical (unpaired) electrons. The summed E-state index contributed by atoms with van der Waals surface area (Å²) in [5.74, 6) is -0.0413. The third-order valence-electron chi connectivity index (χ3n) is 7.17. The van der Waals surface area contributed by atoms with Crippen LogP contribution in [0, 0.1) is 0 Å². The van der Waals surface area contributed by atoms with E-state index >= 15 is 0 Å². The largest absolute Gasteiger partial charge is 0.362 e. The summed E-state index contributed by atoms with van der Waals surface area (Å²) in [5.41, 5.74) is 6.30. The number of rotatable bonds is 7. The van der Waals surface area contributed by atoms with Gasteiger partial charge in [-0.15, -0.1) is 0 Å². The Balaban J connectivity index is 1.50. The maximum Gasteiger partial charge on any atom is 0.266 e. The molecule has 4 nitrogen and oxygen atoms in total. The summed E-state index contributed by atoms with van der Waals surface area (Å²) >= 11 is 8.29. The topological polar surface area (TPSA) is 35.9 Å². The molecule has 3 aromatic rings. The van der Waals surface area contributed by atoms with Crippen LogP contribution in [0.5, 0.6) is 0 Å². The van der Waals surface area contributed by atoms with Crippen molar-refractivity contribution in [2.24, 2.45) is 4.99 Å². The standard InChI is InChI=1S/C33H34ClN3OS/c1-5-17-37-29-21-28(34)25(19-27(29)23(2)22-33(37,3)4)20-30-31(38)36(18-16-24-12-8-6-9-13-24)32(39-30)35-26-14-10-7-11-15-26/h6-15,19-22H,5,16-18H2,1-4H3/b30-20+,35-32?. The van der Waals surface area contributed by atoms with E-state index in [1.54, 1.807) is 4.90 Å². The van der Waals surface area contributed by atoms with Crippen molar-refractivity contribution in [3.63, 3.8) is 0 Å². The summed E-state index contributed by atoms with van der Waals surface area (Å²) < 4.78 is 0. The Kier molecular flexibility index (Phi) is 8.01. The van der Waals surface area contributed by atoms with E-state index in [-0.39, 0.29) is 11.4 Å². The lowest BCUT2D eigenvalue weighted by Crippen LogP contribution is -2.45. The zero-order chi connectivity index (χ0) is 27.6. The maximum absolute atomic E-state index is 13.7. The average molecular weight is 556 g/mol. The Labute approximate surface area is 241 Å². The van der Waals surface area contributed by atoms with Gasteiger partial charge in [-0.05, 0) is 92.4 Å². The first kappa shape index (κ1) is 27.3. The molecule has 2 heterocycles. The fourth-order valence-corrected chi connectivity index (χ4v) is 6.51. The number of para-hydroxylation sites is 1. The molecule has 0 aromatic heterocycles. The number of hydrogen-bond acceptors (Lipinski definition) is 4. The second-order valence-electron chi connectivity index (χ2n) is 10.6. The molecule has 39 heavy (non-hydrogen) atoms. The van der Waals surface area contributed by atoms with E-state index in [9.17, 15) is 4.79 Å². The Morgan fingerprint density at radius 1 is 1.00 bits per heavy atom. The van der Waals surface area contributed by atoms with Crippen LogP contribution in [-0.2, 0) is 11.2 Å². The minimum atomic E-state index is -0.0876. The lowest BCUT2D eigenvalue weighted by Gasteiger charge is -2.43. The molecule has 1 saturated heterocycles. The number of anilines is 1. The van der Waals surface area contributed by atoms with Gasteiger partial charge in [-0.3, -0.25) is 9.69 Å². The molecule has 5 rings (SSSR count). The number of benzene rings is 3. The molecule has 200 valence electrons. The molecule has 0 saturated carbocycles. The minimum Gasteiger partial charge on any atom is -0.362 e. The number of amides is 1. The Bertz CT molecular complexity index is 1460. The van der Waals surface area contributed by atoms with Crippen LogP contribution in [0.2, 0.25) is 5.02 Å². The highest BCUT2D eigenvalue weighted by atomic mass is 35.5. The molecule has 0 spiro atoms. The number of carbonyl (C=O) groups excluding carboxylic acids is 1. The number of carbonyl (C=O) groups is 1. The first-order valence-corrected chi connectivity index (χ1v) is 14.7. The molecule has 2 aliphatic rings. The molecule has 2 aliphatic heterocycles. The van der Waals surface area contributed by atoms with Crippen LogP contribution in [0.4, 0.5) is 11.4 Å². The second-order valence-corrected chi connectivity index (χ2v) is 12.0. The highest BCUT2D eigenvalue weighted by Crippen LogP contribution is 2.43. The van der Waals surface area contributed by atoms with Gasteiger partial charge in [0.25, 0.3) is 5.91 Å². The molecular weight excluding hydrogens is 522 g/mol. The maximum atomic E-state index is 13.7. The van der Waals surface area contributed by atoms with Gasteiger partial charge in [0.2, 0.25) is 0 Å². The lowest BCUT2D eigenvalue weighted by atomic mass is 9.87. The summed E-state index contributed by atoms with van der Waals surface area (Å²) in [7, 11) is 0. The van der Waals surface area contributed by atoms with Gasteiger partial charge >= 0.3 is 0 Å². The van der Waals surface area contributed by atoms with Crippen molar-refractivity contribution in [3.8, 4) is 0 Å². The summed E-state index contributed by atoms with van der Waals surface area (Å²) in [4.78, 5) is 23.4. The molecule has 6 heteroatoms.